The average molecular weight is 854 g/mol. The lowest BCUT2D eigenvalue weighted by atomic mass is 10.2. The molecule has 0 fully saturated rings. The monoisotopic (exact) mass is 853 g/mol. The number of ether oxygens (including phenoxy) is 7. The zero-order valence-corrected chi connectivity index (χ0v) is 35.5. The summed E-state index contributed by atoms with van der Waals surface area (Å²) < 4.78 is 45.0. The van der Waals surface area contributed by atoms with Crippen molar-refractivity contribution in [2.24, 2.45) is 0 Å². The average Bonchev–Trinajstić information content (AvgIpc) is 3.78. The first kappa shape index (κ1) is 42.8. The lowest BCUT2D eigenvalue weighted by molar-refractivity contribution is -0.0494. The van der Waals surface area contributed by atoms with Gasteiger partial charge in [-0.3, -0.25) is 9.97 Å². The number of aromatic nitrogens is 3. The predicted octanol–water partition coefficient (Wildman–Crippen LogP) is 9.46. The van der Waals surface area contributed by atoms with E-state index in [-0.39, 0.29) is 13.6 Å². The summed E-state index contributed by atoms with van der Waals surface area (Å²) in [5.41, 5.74) is 3.09. The Morgan fingerprint density at radius 3 is 1.57 bits per heavy atom. The molecule has 0 spiro atoms. The molecule has 0 saturated carbocycles. The Hall–Kier alpha value is -1.32. The van der Waals surface area contributed by atoms with Gasteiger partial charge in [-0.05, 0) is 31.2 Å². The van der Waals surface area contributed by atoms with E-state index >= 15 is 0 Å². The first-order valence-electron chi connectivity index (χ1n) is 16.7. The smallest absolute Gasteiger partial charge is 0.146 e. The molecule has 286 valence electrons. The summed E-state index contributed by atoms with van der Waals surface area (Å²) in [4.78, 5) is 15.2. The molecule has 3 aromatic rings. The summed E-state index contributed by atoms with van der Waals surface area (Å²) in [7, 11) is 3.23. The SMILES string of the molecule is COCOCCOCCSC1=C(SCCOCCOCOC)SC(=C2SC(C)=C(SCCOc3cc(-c4ccccn4)nc(-c4ccccn4)c3)S2)S1. The van der Waals surface area contributed by atoms with Crippen molar-refractivity contribution in [1.29, 1.82) is 0 Å². The maximum atomic E-state index is 6.31. The summed E-state index contributed by atoms with van der Waals surface area (Å²) in [6.45, 7) is 6.80. The van der Waals surface area contributed by atoms with Crippen molar-refractivity contribution in [1.82, 2.24) is 15.0 Å². The van der Waals surface area contributed by atoms with Gasteiger partial charge in [0, 0.05) is 60.9 Å². The van der Waals surface area contributed by atoms with Crippen LogP contribution in [0.4, 0.5) is 0 Å². The Morgan fingerprint density at radius 2 is 1.04 bits per heavy atom. The van der Waals surface area contributed by atoms with Crippen LogP contribution >= 0.6 is 82.3 Å². The quantitative estimate of drug-likeness (QED) is 0.0597. The van der Waals surface area contributed by atoms with Gasteiger partial charge < -0.3 is 33.2 Å². The zero-order chi connectivity index (χ0) is 36.9. The van der Waals surface area contributed by atoms with E-state index in [0.717, 1.165) is 45.8 Å². The molecule has 10 nitrogen and oxygen atoms in total. The predicted molar refractivity (Wildman–Crippen MR) is 228 cm³/mol. The van der Waals surface area contributed by atoms with Crippen molar-refractivity contribution in [3.63, 3.8) is 0 Å². The second-order valence-corrected chi connectivity index (χ2v) is 19.5. The van der Waals surface area contributed by atoms with Crippen LogP contribution in [0.25, 0.3) is 22.8 Å². The van der Waals surface area contributed by atoms with E-state index in [0.29, 0.717) is 46.2 Å². The Kier molecular flexibility index (Phi) is 20.2. The fourth-order valence-corrected chi connectivity index (χ4v) is 14.4. The number of allylic oxidation sites excluding steroid dienone is 1. The number of pyridine rings is 3. The Labute approximate surface area is 341 Å². The molecular formula is C36H43N3O7S7. The molecule has 0 radical (unpaired) electrons. The molecule has 0 aromatic carbocycles. The second-order valence-electron chi connectivity index (χ2n) is 10.7. The summed E-state index contributed by atoms with van der Waals surface area (Å²) in [6, 6.07) is 15.5. The third-order valence-electron chi connectivity index (χ3n) is 6.73. The summed E-state index contributed by atoms with van der Waals surface area (Å²) >= 11 is 13.0. The van der Waals surface area contributed by atoms with Gasteiger partial charge in [-0.15, -0.1) is 35.3 Å². The van der Waals surface area contributed by atoms with Gasteiger partial charge in [-0.25, -0.2) is 4.98 Å². The van der Waals surface area contributed by atoms with E-state index in [2.05, 4.69) is 16.9 Å². The summed E-state index contributed by atoms with van der Waals surface area (Å²) in [6.07, 6.45) is 3.55. The normalized spacial score (nSPS) is 14.6. The zero-order valence-electron chi connectivity index (χ0n) is 29.8. The third kappa shape index (κ3) is 14.9. The molecule has 0 atom stereocenters. The molecule has 2 aliphatic rings. The number of hydrogen-bond acceptors (Lipinski definition) is 17. The van der Waals surface area contributed by atoms with Gasteiger partial charge in [0.15, 0.2) is 0 Å². The molecule has 0 N–H and O–H groups in total. The van der Waals surface area contributed by atoms with Crippen molar-refractivity contribution in [2.45, 2.75) is 6.92 Å². The molecule has 0 bridgehead atoms. The van der Waals surface area contributed by atoms with E-state index in [1.165, 1.54) is 26.1 Å². The highest BCUT2D eigenvalue weighted by Gasteiger charge is 2.29. The van der Waals surface area contributed by atoms with Gasteiger partial charge in [0.2, 0.25) is 0 Å². The maximum Gasteiger partial charge on any atom is 0.146 e. The molecule has 2 aliphatic heterocycles. The number of nitrogens with zero attached hydrogens (tertiary/aromatic N) is 3. The van der Waals surface area contributed by atoms with Crippen LogP contribution in [0.1, 0.15) is 6.92 Å². The summed E-state index contributed by atoms with van der Waals surface area (Å²) in [5.74, 6) is 3.31. The third-order valence-corrected chi connectivity index (χ3v) is 16.8. The van der Waals surface area contributed by atoms with E-state index in [1.54, 1.807) is 26.6 Å². The van der Waals surface area contributed by atoms with Crippen LogP contribution in [0.5, 0.6) is 5.75 Å². The number of thioether (sulfide) groups is 7. The minimum Gasteiger partial charge on any atom is -0.493 e. The number of rotatable bonds is 25. The van der Waals surface area contributed by atoms with Crippen molar-refractivity contribution in [3.8, 4) is 28.5 Å². The Balaban J connectivity index is 1.12. The highest BCUT2D eigenvalue weighted by atomic mass is 32.3. The molecule has 0 amide bonds. The fourth-order valence-electron chi connectivity index (χ4n) is 4.39. The molecule has 53 heavy (non-hydrogen) atoms. The first-order valence-corrected chi connectivity index (χ1v) is 22.9. The highest BCUT2D eigenvalue weighted by Crippen LogP contribution is 2.64. The van der Waals surface area contributed by atoms with Gasteiger partial charge in [-0.2, -0.15) is 0 Å². The molecule has 5 heterocycles. The van der Waals surface area contributed by atoms with Crippen molar-refractivity contribution in [2.75, 3.05) is 91.3 Å². The van der Waals surface area contributed by atoms with Crippen molar-refractivity contribution in [3.05, 3.63) is 87.0 Å². The summed E-state index contributed by atoms with van der Waals surface area (Å²) in [5, 5.41) is 0. The van der Waals surface area contributed by atoms with E-state index in [1.807, 2.05) is 131 Å². The van der Waals surface area contributed by atoms with Crippen LogP contribution in [-0.4, -0.2) is 106 Å². The Morgan fingerprint density at radius 1 is 0.547 bits per heavy atom. The minimum atomic E-state index is 0.285. The molecule has 0 saturated heterocycles. The topological polar surface area (TPSA) is 103 Å². The van der Waals surface area contributed by atoms with Gasteiger partial charge >= 0.3 is 0 Å². The molecule has 17 heteroatoms. The van der Waals surface area contributed by atoms with Gasteiger partial charge in [-0.1, -0.05) is 59.2 Å². The molecular weight excluding hydrogens is 811 g/mol. The first-order chi connectivity index (χ1) is 26.1. The Bertz CT molecular complexity index is 1560. The van der Waals surface area contributed by atoms with Crippen molar-refractivity contribution >= 4 is 82.3 Å². The minimum absolute atomic E-state index is 0.285. The molecule has 0 unspecified atom stereocenters. The van der Waals surface area contributed by atoms with Crippen LogP contribution < -0.4 is 4.74 Å². The second kappa shape index (κ2) is 25.0. The highest BCUT2D eigenvalue weighted by molar-refractivity contribution is 8.43. The van der Waals surface area contributed by atoms with Gasteiger partial charge in [0.05, 0.1) is 90.2 Å². The maximum absolute atomic E-state index is 6.31. The van der Waals surface area contributed by atoms with Crippen LogP contribution in [-0.2, 0) is 28.4 Å². The number of hydrogen-bond donors (Lipinski definition) is 0. The van der Waals surface area contributed by atoms with Gasteiger partial charge in [0.25, 0.3) is 0 Å². The standard InChI is InChI=1S/C36H43N3O7S7/c1-26-32(47-21-18-46-27-22-30(28-8-4-6-10-37-28)39-31(23-27)29-9-5-7-11-38-29)51-35(50-26)36-52-33(48-19-16-42-12-14-44-24-40-2)34(53-36)49-20-17-43-13-15-45-25-41-3/h4-11,22-23H,12-21,24-25H2,1-3H3. The number of methoxy groups -OCH3 is 2. The van der Waals surface area contributed by atoms with Crippen molar-refractivity contribution < 1.29 is 33.2 Å². The largest absolute Gasteiger partial charge is 0.493 e. The van der Waals surface area contributed by atoms with E-state index in [4.69, 9.17) is 38.1 Å². The van der Waals surface area contributed by atoms with Crippen LogP contribution in [0.2, 0.25) is 0 Å². The fraction of sp³-hybridized carbons (Fsp3) is 0.417. The van der Waals surface area contributed by atoms with E-state index in [9.17, 15) is 0 Å². The lowest BCUT2D eigenvalue weighted by Gasteiger charge is -2.11. The lowest BCUT2D eigenvalue weighted by Crippen LogP contribution is -2.08. The molecule has 3 aromatic heterocycles. The van der Waals surface area contributed by atoms with Crippen LogP contribution in [0.3, 0.4) is 0 Å². The van der Waals surface area contributed by atoms with Crippen LogP contribution in [0.15, 0.2) is 87.0 Å². The van der Waals surface area contributed by atoms with Crippen LogP contribution in [0, 0.1) is 0 Å². The molecule has 0 aliphatic carbocycles. The van der Waals surface area contributed by atoms with Gasteiger partial charge in [0.1, 0.15) is 19.3 Å². The van der Waals surface area contributed by atoms with E-state index < -0.39 is 0 Å². The molecule has 5 rings (SSSR count).